The summed E-state index contributed by atoms with van der Waals surface area (Å²) in [6.07, 6.45) is 15.8. The Hall–Kier alpha value is -13.5. The lowest BCUT2D eigenvalue weighted by Crippen LogP contribution is -2.54. The van der Waals surface area contributed by atoms with Crippen molar-refractivity contribution in [1.82, 2.24) is 64.8 Å². The number of benzene rings is 7. The first-order valence-corrected chi connectivity index (χ1v) is 47.1. The maximum absolute atomic E-state index is 14.1. The molecule has 0 saturated carbocycles. The Labute approximate surface area is 812 Å². The van der Waals surface area contributed by atoms with E-state index in [0.717, 1.165) is 123 Å². The number of methoxy groups -OCH3 is 2. The molecule has 0 spiro atoms. The highest BCUT2D eigenvalue weighted by molar-refractivity contribution is 6.31. The van der Waals surface area contributed by atoms with Crippen LogP contribution in [0.15, 0.2) is 244 Å². The van der Waals surface area contributed by atoms with Crippen molar-refractivity contribution in [3.8, 4) is 39.1 Å². The minimum absolute atomic E-state index is 0.0193. The quantitative estimate of drug-likeness (QED) is 0.0276. The number of carbonyl (C=O) groups is 5. The van der Waals surface area contributed by atoms with E-state index in [-0.39, 0.29) is 47.2 Å². The molecule has 0 unspecified atom stereocenters. The molecule has 12 heterocycles. The van der Waals surface area contributed by atoms with Crippen LogP contribution in [0.4, 0.5) is 31.5 Å². The normalized spacial score (nSPS) is 15.0. The molecule has 33 heteroatoms. The van der Waals surface area contributed by atoms with Crippen LogP contribution in [-0.2, 0) is 43.2 Å². The fourth-order valence-electron chi connectivity index (χ4n) is 18.1. The Morgan fingerprint density at radius 2 is 0.693 bits per heavy atom. The fourth-order valence-corrected chi connectivity index (χ4v) is 18.6. The first kappa shape index (κ1) is 96.6. The van der Waals surface area contributed by atoms with Crippen LogP contribution in [0.1, 0.15) is 52.4 Å². The first-order chi connectivity index (χ1) is 66.4. The standard InChI is InChI=1S/C29H31ClFN5O.C27H28ClN5O2.C26H25ClFN5O.C22H24ClN5O3/c1-19(2)33-18-26(20-6-8-22(30)9-7-20)29(37)36-14-12-35(13-15-36)27-24-10-11-32-28(24)34-17-25(27)21-4-3-5-23(31)16-21;1-35-21-4-2-3-19(16-21)23-17-31-26-22(9-10-30-26)25(23)32-11-13-33(14-12-32)27(34)24(29)15-18-5-7-20(28)8-6-18;27-19-6-4-17(5-7-19)14-23(29)26(34)33-12-10-32(11-13-33)24-21-8-9-30-25(21)31-16-22(24)18-2-1-3-20(28)15-18;1-31-22(30)17-13-26-20-16(6-7-25-20)19(17)27-8-10-28(11-9-27)21(29)18(24)12-14-2-4-15(23)5-3-14/h3-11,16-17,19,26,33H,12-15,18H2,1-2H3,(H,32,34);2-10,16-17,24H,11-15,29H2,1H3,(H,30,31);1-9,15-16,23H,10-14,29H2,(H,30,31);2-7,13,18H,8-12,24H2,1H3,(H,25,26)/t26-;24-;23-;18-/m1111/s1. The molecule has 0 bridgehead atoms. The number of nitrogens with one attached hydrogen (secondary N) is 5. The summed E-state index contributed by atoms with van der Waals surface area (Å²) in [4.78, 5) is 112. The highest BCUT2D eigenvalue weighted by Crippen LogP contribution is 2.42. The molecule has 4 amide bonds. The molecule has 15 aromatic rings. The number of hydrogen-bond donors (Lipinski definition) is 8. The fraction of sp³-hybridized carbons (Fsp3) is 0.279. The van der Waals surface area contributed by atoms with Gasteiger partial charge in [-0.25, -0.2) is 33.5 Å². The minimum Gasteiger partial charge on any atom is -0.497 e. The van der Waals surface area contributed by atoms with Crippen molar-refractivity contribution < 1.29 is 42.2 Å². The van der Waals surface area contributed by atoms with Gasteiger partial charge in [-0.2, -0.15) is 0 Å². The second-order valence-corrected chi connectivity index (χ2v) is 36.3. The van der Waals surface area contributed by atoms with Crippen molar-refractivity contribution >= 4 is 143 Å². The van der Waals surface area contributed by atoms with E-state index in [1.54, 1.807) is 67.0 Å². The number of fused-ring (bicyclic) bond motifs is 4. The Bertz CT molecular complexity index is 6710. The maximum atomic E-state index is 14.1. The van der Waals surface area contributed by atoms with Gasteiger partial charge < -0.3 is 91.1 Å². The summed E-state index contributed by atoms with van der Waals surface area (Å²) >= 11 is 23.9. The molecule has 4 atom stereocenters. The van der Waals surface area contributed by atoms with Gasteiger partial charge >= 0.3 is 5.97 Å². The van der Waals surface area contributed by atoms with Crippen LogP contribution in [0.3, 0.4) is 0 Å². The Morgan fingerprint density at radius 3 is 1.02 bits per heavy atom. The number of aromatic amines is 4. The van der Waals surface area contributed by atoms with Crippen molar-refractivity contribution in [3.63, 3.8) is 0 Å². The van der Waals surface area contributed by atoms with Crippen LogP contribution >= 0.6 is 46.4 Å². The number of aromatic nitrogens is 8. The van der Waals surface area contributed by atoms with E-state index in [4.69, 9.17) is 73.1 Å². The summed E-state index contributed by atoms with van der Waals surface area (Å²) in [7, 11) is 3.02. The number of hydrogen-bond acceptors (Lipinski definition) is 19. The molecule has 11 N–H and O–H groups in total. The minimum atomic E-state index is -0.615. The van der Waals surface area contributed by atoms with Crippen molar-refractivity contribution in [2.75, 3.05) is 145 Å². The van der Waals surface area contributed by atoms with Gasteiger partial charge in [0, 0.05) is 225 Å². The van der Waals surface area contributed by atoms with Crippen molar-refractivity contribution in [2.45, 2.75) is 63.2 Å². The van der Waals surface area contributed by atoms with Gasteiger partial charge in [0.05, 0.1) is 61.0 Å². The summed E-state index contributed by atoms with van der Waals surface area (Å²) in [5.41, 5.74) is 35.4. The lowest BCUT2D eigenvalue weighted by molar-refractivity contribution is -0.133. The van der Waals surface area contributed by atoms with Gasteiger partial charge in [-0.15, -0.1) is 0 Å². The molecule has 4 aliphatic heterocycles. The average Bonchev–Trinajstić information content (AvgIpc) is 1.70. The zero-order chi connectivity index (χ0) is 95.9. The molecule has 0 aliphatic carbocycles. The molecular formula is C104H108Cl4F2N20O7. The second-order valence-electron chi connectivity index (χ2n) is 34.5. The predicted molar refractivity (Wildman–Crippen MR) is 540 cm³/mol. The summed E-state index contributed by atoms with van der Waals surface area (Å²) in [6, 6.07) is 57.4. The van der Waals surface area contributed by atoms with E-state index in [1.165, 1.54) is 37.6 Å². The monoisotopic (exact) mass is 1930 g/mol. The van der Waals surface area contributed by atoms with Crippen molar-refractivity contribution in [2.24, 2.45) is 17.2 Å². The van der Waals surface area contributed by atoms with Crippen LogP contribution < -0.4 is 46.9 Å². The molecular weight excluding hydrogens is 1820 g/mol. The van der Waals surface area contributed by atoms with Gasteiger partial charge in [-0.05, 0) is 167 Å². The van der Waals surface area contributed by atoms with Gasteiger partial charge in [-0.1, -0.05) is 145 Å². The molecule has 137 heavy (non-hydrogen) atoms. The van der Waals surface area contributed by atoms with Crippen LogP contribution in [0.25, 0.3) is 77.5 Å². The molecule has 4 saturated heterocycles. The number of nitrogens with two attached hydrogens (primary N) is 3. The Kier molecular flexibility index (Phi) is 31.4. The number of rotatable bonds is 23. The molecule has 4 aliphatic rings. The smallest absolute Gasteiger partial charge is 0.341 e. The van der Waals surface area contributed by atoms with E-state index in [2.05, 4.69) is 90.8 Å². The first-order valence-electron chi connectivity index (χ1n) is 45.6. The molecule has 27 nitrogen and oxygen atoms in total. The van der Waals surface area contributed by atoms with Gasteiger partial charge in [0.1, 0.15) is 45.5 Å². The van der Waals surface area contributed by atoms with Gasteiger partial charge in [0.15, 0.2) is 0 Å². The van der Waals surface area contributed by atoms with Gasteiger partial charge in [0.2, 0.25) is 23.6 Å². The third-order valence-electron chi connectivity index (χ3n) is 25.3. The van der Waals surface area contributed by atoms with Gasteiger partial charge in [0.25, 0.3) is 0 Å². The largest absolute Gasteiger partial charge is 0.497 e. The zero-order valence-electron chi connectivity index (χ0n) is 76.3. The van der Waals surface area contributed by atoms with Crippen LogP contribution in [-0.4, -0.2) is 239 Å². The van der Waals surface area contributed by atoms with Crippen LogP contribution in [0.5, 0.6) is 5.75 Å². The predicted octanol–water partition coefficient (Wildman–Crippen LogP) is 16.0. The molecule has 19 rings (SSSR count). The summed E-state index contributed by atoms with van der Waals surface area (Å²) in [5.74, 6) is -0.533. The number of carbonyl (C=O) groups excluding carboxylic acids is 5. The SMILES string of the molecule is CC(C)NC[C@@H](C(=O)N1CCN(c2c(-c3cccc(F)c3)cnc3[nH]ccc23)CC1)c1ccc(Cl)cc1.COC(=O)c1cnc2[nH]ccc2c1N1CCN(C(=O)[C@H](N)Cc2ccc(Cl)cc2)CC1.COc1cccc(-c2cnc3[nH]ccc3c2N2CCN(C(=O)[C@H](N)Cc3ccc(Cl)cc3)CC2)c1.N[C@H](Cc1ccc(Cl)cc1)C(=O)N1CCN(c2c(-c3cccc(F)c3)cnc3[nH]ccc23)CC1. The zero-order valence-corrected chi connectivity index (χ0v) is 79.4. The number of ether oxygens (including phenoxy) is 2. The summed E-state index contributed by atoms with van der Waals surface area (Å²) in [5, 5.41) is 9.93. The van der Waals surface area contributed by atoms with Crippen molar-refractivity contribution in [1.29, 1.82) is 0 Å². The van der Waals surface area contributed by atoms with E-state index in [1.807, 2.05) is 161 Å². The number of H-pyrrole nitrogens is 4. The molecule has 8 aromatic heterocycles. The highest BCUT2D eigenvalue weighted by atomic mass is 35.5. The van der Waals surface area contributed by atoms with E-state index >= 15 is 0 Å². The lowest BCUT2D eigenvalue weighted by Gasteiger charge is -2.38. The second kappa shape index (κ2) is 44.5. The van der Waals surface area contributed by atoms with E-state index < -0.39 is 24.1 Å². The number of nitrogens with zero attached hydrogens (tertiary/aromatic N) is 12. The third-order valence-corrected chi connectivity index (χ3v) is 26.3. The number of halogens is 6. The molecule has 7 aromatic carbocycles. The summed E-state index contributed by atoms with van der Waals surface area (Å²) < 4.78 is 38.4. The van der Waals surface area contributed by atoms with Gasteiger partial charge in [-0.3, -0.25) is 19.2 Å². The number of amides is 4. The van der Waals surface area contributed by atoms with E-state index in [9.17, 15) is 32.8 Å². The average molecular weight is 1930 g/mol. The maximum Gasteiger partial charge on any atom is 0.341 e. The summed E-state index contributed by atoms with van der Waals surface area (Å²) in [6.45, 7) is 14.5. The number of esters is 1. The van der Waals surface area contributed by atoms with E-state index in [0.29, 0.717) is 162 Å². The molecule has 708 valence electrons. The lowest BCUT2D eigenvalue weighted by atomic mass is 9.96. The molecule has 0 radical (unpaired) electrons. The van der Waals surface area contributed by atoms with Crippen molar-refractivity contribution in [3.05, 3.63) is 303 Å². The Balaban J connectivity index is 0.000000133. The number of pyridine rings is 4. The third kappa shape index (κ3) is 23.1. The highest BCUT2D eigenvalue weighted by Gasteiger charge is 2.35. The number of anilines is 4. The van der Waals surface area contributed by atoms with Crippen LogP contribution in [0, 0.1) is 11.6 Å². The number of piperazine rings is 4. The Morgan fingerprint density at radius 1 is 0.387 bits per heavy atom. The topological polar surface area (TPSA) is 335 Å². The van der Waals surface area contributed by atoms with Crippen LogP contribution in [0.2, 0.25) is 20.1 Å². The molecule has 4 fully saturated rings.